The average Bonchev–Trinajstić information content (AvgIpc) is 2.96. The van der Waals surface area contributed by atoms with E-state index in [0.717, 1.165) is 35.4 Å². The van der Waals surface area contributed by atoms with Crippen LogP contribution in [0, 0.1) is 5.82 Å². The monoisotopic (exact) mass is 323 g/mol. The number of halogens is 1. The molecule has 1 aliphatic rings. The van der Waals surface area contributed by atoms with Crippen molar-refractivity contribution in [3.05, 3.63) is 54.0 Å². The van der Waals surface area contributed by atoms with Gasteiger partial charge in [-0.3, -0.25) is 4.90 Å². The van der Waals surface area contributed by atoms with Crippen molar-refractivity contribution in [2.45, 2.75) is 38.8 Å². The number of aromatic amines is 1. The average molecular weight is 323 g/mol. The summed E-state index contributed by atoms with van der Waals surface area (Å²) in [6.45, 7) is 4.35. The molecule has 0 aliphatic carbocycles. The van der Waals surface area contributed by atoms with Gasteiger partial charge >= 0.3 is 0 Å². The van der Waals surface area contributed by atoms with Crippen molar-refractivity contribution in [2.75, 3.05) is 6.54 Å². The topological polar surface area (TPSA) is 31.9 Å². The molecule has 0 amide bonds. The normalized spacial score (nSPS) is 19.0. The van der Waals surface area contributed by atoms with Crippen molar-refractivity contribution in [3.63, 3.8) is 0 Å². The Morgan fingerprint density at radius 2 is 2.04 bits per heavy atom. The Kier molecular flexibility index (Phi) is 4.07. The van der Waals surface area contributed by atoms with Crippen LogP contribution in [0.1, 0.15) is 31.7 Å². The van der Waals surface area contributed by atoms with Crippen molar-refractivity contribution >= 4 is 11.0 Å². The summed E-state index contributed by atoms with van der Waals surface area (Å²) >= 11 is 0. The molecule has 1 atom stereocenters. The third-order valence-corrected chi connectivity index (χ3v) is 5.11. The number of H-pyrrole nitrogens is 1. The minimum absolute atomic E-state index is 0.209. The molecule has 2 aromatic heterocycles. The van der Waals surface area contributed by atoms with Gasteiger partial charge in [0.15, 0.2) is 0 Å². The highest BCUT2D eigenvalue weighted by atomic mass is 19.1. The van der Waals surface area contributed by atoms with Crippen molar-refractivity contribution in [2.24, 2.45) is 0 Å². The van der Waals surface area contributed by atoms with Crippen LogP contribution in [0.5, 0.6) is 0 Å². The lowest BCUT2D eigenvalue weighted by molar-refractivity contribution is 0.153. The van der Waals surface area contributed by atoms with Gasteiger partial charge in [-0.15, -0.1) is 0 Å². The van der Waals surface area contributed by atoms with Gasteiger partial charge in [0.1, 0.15) is 11.5 Å². The first kappa shape index (κ1) is 15.3. The highest BCUT2D eigenvalue weighted by Crippen LogP contribution is 2.32. The minimum atomic E-state index is -0.209. The zero-order valence-corrected chi connectivity index (χ0v) is 13.9. The Bertz CT molecular complexity index is 838. The maximum Gasteiger partial charge on any atom is 0.138 e. The van der Waals surface area contributed by atoms with Crippen LogP contribution in [0.4, 0.5) is 4.39 Å². The van der Waals surface area contributed by atoms with Gasteiger partial charge in [0.05, 0.1) is 5.69 Å². The predicted octanol–water partition coefficient (Wildman–Crippen LogP) is 4.74. The van der Waals surface area contributed by atoms with E-state index in [1.807, 2.05) is 18.2 Å². The molecule has 1 aromatic carbocycles. The van der Waals surface area contributed by atoms with E-state index < -0.39 is 0 Å². The lowest BCUT2D eigenvalue weighted by Gasteiger charge is -2.33. The minimum Gasteiger partial charge on any atom is -0.339 e. The first-order valence-corrected chi connectivity index (χ1v) is 8.68. The third kappa shape index (κ3) is 2.82. The lowest BCUT2D eigenvalue weighted by atomic mass is 10.0. The van der Waals surface area contributed by atoms with Crippen molar-refractivity contribution < 1.29 is 4.39 Å². The molecule has 0 radical (unpaired) electrons. The summed E-state index contributed by atoms with van der Waals surface area (Å²) in [7, 11) is 0. The number of benzene rings is 1. The van der Waals surface area contributed by atoms with Crippen molar-refractivity contribution in [1.82, 2.24) is 14.9 Å². The number of aromatic nitrogens is 2. The molecule has 1 aliphatic heterocycles. The summed E-state index contributed by atoms with van der Waals surface area (Å²) < 4.78 is 13.3. The second-order valence-electron chi connectivity index (χ2n) is 6.70. The van der Waals surface area contributed by atoms with E-state index in [1.54, 1.807) is 6.20 Å². The van der Waals surface area contributed by atoms with E-state index in [2.05, 4.69) is 27.9 Å². The first-order chi connectivity index (χ1) is 11.7. The van der Waals surface area contributed by atoms with Crippen LogP contribution in [0.25, 0.3) is 22.3 Å². The lowest BCUT2D eigenvalue weighted by Crippen LogP contribution is -2.36. The molecule has 1 N–H and O–H groups in total. The number of fused-ring (bicyclic) bond motifs is 1. The molecule has 1 fully saturated rings. The van der Waals surface area contributed by atoms with Gasteiger partial charge in [-0.25, -0.2) is 9.37 Å². The molecule has 3 heterocycles. The highest BCUT2D eigenvalue weighted by Gasteiger charge is 2.22. The Hall–Kier alpha value is -2.20. The Labute approximate surface area is 141 Å². The maximum atomic E-state index is 13.3. The van der Waals surface area contributed by atoms with Crippen LogP contribution >= 0.6 is 0 Å². The molecule has 3 nitrogen and oxygen atoms in total. The van der Waals surface area contributed by atoms with Crippen LogP contribution < -0.4 is 0 Å². The van der Waals surface area contributed by atoms with E-state index in [1.165, 1.54) is 37.0 Å². The van der Waals surface area contributed by atoms with E-state index in [-0.39, 0.29) is 5.82 Å². The summed E-state index contributed by atoms with van der Waals surface area (Å²) in [5.41, 5.74) is 4.23. The standard InChI is InChI=1S/C20H22FN3/c1-14-5-2-3-12-24(14)13-18-17-6-4-11-22-20(17)23-19(18)15-7-9-16(21)10-8-15/h4,6-11,14H,2-3,5,12-13H2,1H3,(H,22,23). The molecule has 124 valence electrons. The molecular weight excluding hydrogens is 301 g/mol. The van der Waals surface area contributed by atoms with Gasteiger partial charge in [-0.05, 0) is 68.3 Å². The molecule has 0 bridgehead atoms. The van der Waals surface area contributed by atoms with Crippen LogP contribution in [0.3, 0.4) is 0 Å². The summed E-state index contributed by atoms with van der Waals surface area (Å²) in [6.07, 6.45) is 5.64. The molecule has 0 spiro atoms. The Morgan fingerprint density at radius 1 is 1.21 bits per heavy atom. The van der Waals surface area contributed by atoms with Crippen LogP contribution in [-0.4, -0.2) is 27.5 Å². The van der Waals surface area contributed by atoms with E-state index in [9.17, 15) is 4.39 Å². The number of hydrogen-bond acceptors (Lipinski definition) is 2. The number of nitrogens with one attached hydrogen (secondary N) is 1. The molecular formula is C20H22FN3. The molecule has 4 heteroatoms. The summed E-state index contributed by atoms with van der Waals surface area (Å²) in [5, 5.41) is 1.16. The molecule has 24 heavy (non-hydrogen) atoms. The first-order valence-electron chi connectivity index (χ1n) is 8.68. The number of piperidine rings is 1. The van der Waals surface area contributed by atoms with Crippen molar-refractivity contribution in [3.8, 4) is 11.3 Å². The van der Waals surface area contributed by atoms with E-state index >= 15 is 0 Å². The highest BCUT2D eigenvalue weighted by molar-refractivity contribution is 5.88. The third-order valence-electron chi connectivity index (χ3n) is 5.11. The van der Waals surface area contributed by atoms with E-state index in [0.29, 0.717) is 6.04 Å². The summed E-state index contributed by atoms with van der Waals surface area (Å²) in [5.74, 6) is -0.209. The second kappa shape index (κ2) is 6.36. The summed E-state index contributed by atoms with van der Waals surface area (Å²) in [4.78, 5) is 10.5. The maximum absolute atomic E-state index is 13.3. The zero-order valence-electron chi connectivity index (χ0n) is 13.9. The smallest absolute Gasteiger partial charge is 0.138 e. The van der Waals surface area contributed by atoms with Gasteiger partial charge < -0.3 is 4.98 Å². The van der Waals surface area contributed by atoms with Gasteiger partial charge in [0.25, 0.3) is 0 Å². The Morgan fingerprint density at radius 3 is 2.83 bits per heavy atom. The fourth-order valence-corrected chi connectivity index (χ4v) is 3.70. The summed E-state index contributed by atoms with van der Waals surface area (Å²) in [6, 6.07) is 11.4. The fraction of sp³-hybridized carbons (Fsp3) is 0.350. The molecule has 4 rings (SSSR count). The van der Waals surface area contributed by atoms with Crippen molar-refractivity contribution in [1.29, 1.82) is 0 Å². The molecule has 1 unspecified atom stereocenters. The predicted molar refractivity (Wildman–Crippen MR) is 95.2 cm³/mol. The second-order valence-corrected chi connectivity index (χ2v) is 6.70. The number of hydrogen-bond donors (Lipinski definition) is 1. The molecule has 3 aromatic rings. The fourth-order valence-electron chi connectivity index (χ4n) is 3.70. The zero-order chi connectivity index (χ0) is 16.5. The quantitative estimate of drug-likeness (QED) is 0.755. The number of nitrogens with zero attached hydrogens (tertiary/aromatic N) is 2. The SMILES string of the molecule is CC1CCCCN1Cc1c(-c2ccc(F)cc2)[nH]c2ncccc12. The molecule has 1 saturated heterocycles. The Balaban J connectivity index is 1.79. The van der Waals surface area contributed by atoms with Gasteiger partial charge in [-0.2, -0.15) is 0 Å². The van der Waals surface area contributed by atoms with Gasteiger partial charge in [0.2, 0.25) is 0 Å². The van der Waals surface area contributed by atoms with Crippen LogP contribution in [-0.2, 0) is 6.54 Å². The number of likely N-dealkylation sites (tertiary alicyclic amines) is 1. The number of rotatable bonds is 3. The van der Waals surface area contributed by atoms with E-state index in [4.69, 9.17) is 0 Å². The number of pyridine rings is 1. The largest absolute Gasteiger partial charge is 0.339 e. The van der Waals surface area contributed by atoms with Gasteiger partial charge in [-0.1, -0.05) is 6.42 Å². The van der Waals surface area contributed by atoms with Gasteiger partial charge in [0, 0.05) is 29.7 Å². The van der Waals surface area contributed by atoms with Crippen LogP contribution in [0.15, 0.2) is 42.6 Å². The molecule has 0 saturated carbocycles. The van der Waals surface area contributed by atoms with Crippen LogP contribution in [0.2, 0.25) is 0 Å².